The maximum atomic E-state index is 11.6. The smallest absolute Gasteiger partial charge is 0.241 e. The Labute approximate surface area is 125 Å². The average molecular weight is 294 g/mol. The van der Waals surface area contributed by atoms with Crippen molar-refractivity contribution in [3.8, 4) is 0 Å². The molecule has 1 aliphatic carbocycles. The van der Waals surface area contributed by atoms with Gasteiger partial charge in [-0.15, -0.1) is 0 Å². The standard InChI is InChI=1S/C15H26N4O2/c1-11-4-3-5-12(2)15(11)18-13-8-17-19(9-13)10-14(21)16-6-7-20/h8-9,11-12,15,18,20H,3-7,10H2,1-2H3,(H,16,21). The highest BCUT2D eigenvalue weighted by molar-refractivity contribution is 5.75. The number of hydrogen-bond donors (Lipinski definition) is 3. The van der Waals surface area contributed by atoms with Gasteiger partial charge in [0.15, 0.2) is 0 Å². The van der Waals surface area contributed by atoms with E-state index < -0.39 is 0 Å². The Bertz CT molecular complexity index is 450. The van der Waals surface area contributed by atoms with Crippen LogP contribution in [0, 0.1) is 11.8 Å². The first-order valence-corrected chi connectivity index (χ1v) is 7.76. The lowest BCUT2D eigenvalue weighted by molar-refractivity contribution is -0.122. The molecule has 1 aliphatic rings. The molecule has 0 aromatic carbocycles. The fourth-order valence-corrected chi connectivity index (χ4v) is 3.08. The van der Waals surface area contributed by atoms with E-state index in [1.165, 1.54) is 19.3 Å². The molecule has 1 fully saturated rings. The van der Waals surface area contributed by atoms with Crippen molar-refractivity contribution >= 4 is 11.6 Å². The predicted molar refractivity (Wildman–Crippen MR) is 81.9 cm³/mol. The van der Waals surface area contributed by atoms with Crippen LogP contribution in [0.1, 0.15) is 33.1 Å². The molecule has 1 heterocycles. The molecule has 2 atom stereocenters. The van der Waals surface area contributed by atoms with Crippen LogP contribution in [-0.2, 0) is 11.3 Å². The third kappa shape index (κ3) is 4.46. The number of aromatic nitrogens is 2. The van der Waals surface area contributed by atoms with Crippen LogP contribution in [0.5, 0.6) is 0 Å². The summed E-state index contributed by atoms with van der Waals surface area (Å²) in [5.41, 5.74) is 0.968. The molecule has 6 heteroatoms. The predicted octanol–water partition coefficient (Wildman–Crippen LogP) is 1.23. The molecule has 3 N–H and O–H groups in total. The number of carbonyl (C=O) groups excluding carboxylic acids is 1. The number of aliphatic hydroxyl groups is 1. The van der Waals surface area contributed by atoms with Crippen LogP contribution >= 0.6 is 0 Å². The van der Waals surface area contributed by atoms with Crippen LogP contribution in [-0.4, -0.2) is 40.0 Å². The molecule has 0 radical (unpaired) electrons. The van der Waals surface area contributed by atoms with E-state index in [0.717, 1.165) is 5.69 Å². The van der Waals surface area contributed by atoms with E-state index in [9.17, 15) is 4.79 Å². The summed E-state index contributed by atoms with van der Waals surface area (Å²) in [5.74, 6) is 1.17. The summed E-state index contributed by atoms with van der Waals surface area (Å²) in [6.07, 6.45) is 7.48. The van der Waals surface area contributed by atoms with Gasteiger partial charge in [0.2, 0.25) is 5.91 Å². The quantitative estimate of drug-likeness (QED) is 0.737. The van der Waals surface area contributed by atoms with Crippen LogP contribution in [0.4, 0.5) is 5.69 Å². The molecule has 2 rings (SSSR count). The Morgan fingerprint density at radius 1 is 1.43 bits per heavy atom. The van der Waals surface area contributed by atoms with E-state index in [1.54, 1.807) is 10.9 Å². The second kappa shape index (κ2) is 7.45. The molecule has 1 amide bonds. The molecule has 21 heavy (non-hydrogen) atoms. The minimum absolute atomic E-state index is 0.0465. The molecule has 0 aliphatic heterocycles. The first-order valence-electron chi connectivity index (χ1n) is 7.76. The largest absolute Gasteiger partial charge is 0.395 e. The van der Waals surface area contributed by atoms with E-state index in [0.29, 0.717) is 17.9 Å². The zero-order chi connectivity index (χ0) is 15.2. The minimum Gasteiger partial charge on any atom is -0.395 e. The first kappa shape index (κ1) is 15.8. The van der Waals surface area contributed by atoms with Crippen molar-refractivity contribution in [1.29, 1.82) is 0 Å². The van der Waals surface area contributed by atoms with Gasteiger partial charge in [-0.1, -0.05) is 20.3 Å². The molecule has 1 aromatic rings. The Morgan fingerprint density at radius 2 is 2.14 bits per heavy atom. The fraction of sp³-hybridized carbons (Fsp3) is 0.733. The van der Waals surface area contributed by atoms with Crippen LogP contribution in [0.2, 0.25) is 0 Å². The summed E-state index contributed by atoms with van der Waals surface area (Å²) in [5, 5.41) is 19.1. The van der Waals surface area contributed by atoms with Gasteiger partial charge in [0.1, 0.15) is 6.54 Å². The lowest BCUT2D eigenvalue weighted by Crippen LogP contribution is -2.36. The normalized spacial score (nSPS) is 25.6. The van der Waals surface area contributed by atoms with Gasteiger partial charge in [0, 0.05) is 18.8 Å². The van der Waals surface area contributed by atoms with Crippen molar-refractivity contribution in [2.75, 3.05) is 18.5 Å². The van der Waals surface area contributed by atoms with Crippen molar-refractivity contribution < 1.29 is 9.90 Å². The van der Waals surface area contributed by atoms with Crippen molar-refractivity contribution in [3.05, 3.63) is 12.4 Å². The highest BCUT2D eigenvalue weighted by Crippen LogP contribution is 2.31. The highest BCUT2D eigenvalue weighted by Gasteiger charge is 2.27. The Balaban J connectivity index is 1.89. The second-order valence-corrected chi connectivity index (χ2v) is 6.06. The molecular weight excluding hydrogens is 268 g/mol. The fourth-order valence-electron chi connectivity index (χ4n) is 3.08. The number of hydrogen-bond acceptors (Lipinski definition) is 4. The molecule has 1 aromatic heterocycles. The zero-order valence-electron chi connectivity index (χ0n) is 12.9. The number of carbonyl (C=O) groups is 1. The number of amides is 1. The lowest BCUT2D eigenvalue weighted by atomic mass is 9.78. The molecule has 2 unspecified atom stereocenters. The van der Waals surface area contributed by atoms with Crippen molar-refractivity contribution in [2.24, 2.45) is 11.8 Å². The Hall–Kier alpha value is -1.56. The molecule has 0 spiro atoms. The van der Waals surface area contributed by atoms with Crippen LogP contribution in [0.25, 0.3) is 0 Å². The summed E-state index contributed by atoms with van der Waals surface area (Å²) in [6, 6.07) is 0.472. The molecular formula is C15H26N4O2. The number of anilines is 1. The highest BCUT2D eigenvalue weighted by atomic mass is 16.3. The van der Waals surface area contributed by atoms with Gasteiger partial charge in [-0.05, 0) is 24.7 Å². The summed E-state index contributed by atoms with van der Waals surface area (Å²) < 4.78 is 1.62. The van der Waals surface area contributed by atoms with Gasteiger partial charge in [-0.2, -0.15) is 5.10 Å². The number of aliphatic hydroxyl groups excluding tert-OH is 1. The van der Waals surface area contributed by atoms with E-state index in [1.807, 2.05) is 6.20 Å². The number of nitrogens with zero attached hydrogens (tertiary/aromatic N) is 2. The van der Waals surface area contributed by atoms with Gasteiger partial charge in [0.25, 0.3) is 0 Å². The monoisotopic (exact) mass is 294 g/mol. The average Bonchev–Trinajstić information content (AvgIpc) is 2.88. The van der Waals surface area contributed by atoms with E-state index >= 15 is 0 Å². The summed E-state index contributed by atoms with van der Waals surface area (Å²) in [7, 11) is 0. The second-order valence-electron chi connectivity index (χ2n) is 6.06. The summed E-state index contributed by atoms with van der Waals surface area (Å²) in [4.78, 5) is 11.6. The van der Waals surface area contributed by atoms with Gasteiger partial charge in [0.05, 0.1) is 18.5 Å². The van der Waals surface area contributed by atoms with Crippen molar-refractivity contribution in [2.45, 2.75) is 45.7 Å². The molecule has 0 bridgehead atoms. The van der Waals surface area contributed by atoms with Gasteiger partial charge in [-0.25, -0.2) is 0 Å². The number of rotatable bonds is 6. The van der Waals surface area contributed by atoms with Crippen LogP contribution < -0.4 is 10.6 Å². The van der Waals surface area contributed by atoms with E-state index in [-0.39, 0.29) is 25.6 Å². The van der Waals surface area contributed by atoms with Crippen molar-refractivity contribution in [1.82, 2.24) is 15.1 Å². The SMILES string of the molecule is CC1CCCC(C)C1Nc1cnn(CC(=O)NCCO)c1. The van der Waals surface area contributed by atoms with Crippen LogP contribution in [0.15, 0.2) is 12.4 Å². The van der Waals surface area contributed by atoms with Gasteiger partial charge >= 0.3 is 0 Å². The molecule has 118 valence electrons. The van der Waals surface area contributed by atoms with Gasteiger partial charge in [-0.3, -0.25) is 9.48 Å². The van der Waals surface area contributed by atoms with Crippen LogP contribution in [0.3, 0.4) is 0 Å². The Morgan fingerprint density at radius 3 is 2.81 bits per heavy atom. The van der Waals surface area contributed by atoms with E-state index in [4.69, 9.17) is 5.11 Å². The maximum Gasteiger partial charge on any atom is 0.241 e. The third-order valence-electron chi connectivity index (χ3n) is 4.25. The molecule has 0 saturated heterocycles. The molecule has 6 nitrogen and oxygen atoms in total. The first-order chi connectivity index (χ1) is 10.1. The topological polar surface area (TPSA) is 79.2 Å². The lowest BCUT2D eigenvalue weighted by Gasteiger charge is -2.35. The summed E-state index contributed by atoms with van der Waals surface area (Å²) >= 11 is 0. The zero-order valence-corrected chi connectivity index (χ0v) is 12.9. The van der Waals surface area contributed by atoms with E-state index in [2.05, 4.69) is 29.6 Å². The third-order valence-corrected chi connectivity index (χ3v) is 4.25. The van der Waals surface area contributed by atoms with Crippen molar-refractivity contribution in [3.63, 3.8) is 0 Å². The number of nitrogens with one attached hydrogen (secondary N) is 2. The minimum atomic E-state index is -0.141. The summed E-state index contributed by atoms with van der Waals surface area (Å²) in [6.45, 7) is 5.00. The molecule has 1 saturated carbocycles. The Kier molecular flexibility index (Phi) is 5.61. The van der Waals surface area contributed by atoms with Gasteiger partial charge < -0.3 is 15.7 Å². The maximum absolute atomic E-state index is 11.6.